The number of hydrogen-bond donors (Lipinski definition) is 2. The molecule has 2 aromatic carbocycles. The summed E-state index contributed by atoms with van der Waals surface area (Å²) in [6.45, 7) is -0.282. The SMILES string of the molecule is C[C@](O)(CC(=O)NC1(c2ccc(Cl)c(OCC(F)(F)F)c2)CC1)c1ccc(F)cc1F. The fourth-order valence-corrected chi connectivity index (χ4v) is 3.50. The minimum absolute atomic E-state index is 0.00940. The molecule has 3 rings (SSSR count). The van der Waals surface area contributed by atoms with Crippen molar-refractivity contribution in [3.05, 3.63) is 64.2 Å². The zero-order valence-corrected chi connectivity index (χ0v) is 17.1. The van der Waals surface area contributed by atoms with Gasteiger partial charge in [-0.15, -0.1) is 0 Å². The van der Waals surface area contributed by atoms with E-state index in [9.17, 15) is 31.9 Å². The Hall–Kier alpha value is -2.39. The molecule has 1 amide bonds. The van der Waals surface area contributed by atoms with Crippen LogP contribution in [0, 0.1) is 11.6 Å². The molecule has 0 unspecified atom stereocenters. The van der Waals surface area contributed by atoms with Gasteiger partial charge in [0.2, 0.25) is 5.91 Å². The summed E-state index contributed by atoms with van der Waals surface area (Å²) in [6, 6.07) is 6.92. The molecule has 2 aromatic rings. The van der Waals surface area contributed by atoms with E-state index in [4.69, 9.17) is 16.3 Å². The first-order chi connectivity index (χ1) is 14.3. The number of hydrogen-bond acceptors (Lipinski definition) is 3. The third-order valence-corrected chi connectivity index (χ3v) is 5.33. The van der Waals surface area contributed by atoms with Crippen LogP contribution < -0.4 is 10.1 Å². The van der Waals surface area contributed by atoms with Gasteiger partial charge in [-0.3, -0.25) is 4.79 Å². The van der Waals surface area contributed by atoms with E-state index in [-0.39, 0.29) is 16.3 Å². The number of benzene rings is 2. The molecule has 0 aromatic heterocycles. The Labute approximate surface area is 180 Å². The highest BCUT2D eigenvalue weighted by Crippen LogP contribution is 2.47. The molecule has 10 heteroatoms. The van der Waals surface area contributed by atoms with Gasteiger partial charge in [0.25, 0.3) is 0 Å². The first-order valence-electron chi connectivity index (χ1n) is 9.30. The lowest BCUT2D eigenvalue weighted by Crippen LogP contribution is -2.39. The molecule has 0 radical (unpaired) electrons. The van der Waals surface area contributed by atoms with Gasteiger partial charge in [0.1, 0.15) is 17.4 Å². The lowest BCUT2D eigenvalue weighted by atomic mass is 9.91. The largest absolute Gasteiger partial charge is 0.483 e. The fraction of sp³-hybridized carbons (Fsp3) is 0.381. The highest BCUT2D eigenvalue weighted by molar-refractivity contribution is 6.32. The van der Waals surface area contributed by atoms with Gasteiger partial charge in [0.15, 0.2) is 6.61 Å². The van der Waals surface area contributed by atoms with Crippen LogP contribution in [0.2, 0.25) is 5.02 Å². The van der Waals surface area contributed by atoms with Crippen molar-refractivity contribution in [2.24, 2.45) is 0 Å². The molecule has 0 heterocycles. The second-order valence-corrected chi connectivity index (χ2v) is 8.16. The van der Waals surface area contributed by atoms with E-state index in [1.165, 1.54) is 19.1 Å². The van der Waals surface area contributed by atoms with Gasteiger partial charge in [-0.25, -0.2) is 8.78 Å². The van der Waals surface area contributed by atoms with Crippen molar-refractivity contribution >= 4 is 17.5 Å². The van der Waals surface area contributed by atoms with Gasteiger partial charge in [-0.2, -0.15) is 13.2 Å². The average Bonchev–Trinajstić information content (AvgIpc) is 3.39. The summed E-state index contributed by atoms with van der Waals surface area (Å²) in [5, 5.41) is 13.3. The molecule has 31 heavy (non-hydrogen) atoms. The topological polar surface area (TPSA) is 58.6 Å². The Morgan fingerprint density at radius 1 is 1.19 bits per heavy atom. The van der Waals surface area contributed by atoms with E-state index < -0.39 is 47.9 Å². The van der Waals surface area contributed by atoms with Gasteiger partial charge in [-0.05, 0) is 43.5 Å². The molecule has 1 atom stereocenters. The normalized spacial score (nSPS) is 17.0. The maximum atomic E-state index is 14.0. The Morgan fingerprint density at radius 3 is 2.45 bits per heavy atom. The molecule has 0 saturated heterocycles. The Kier molecular flexibility index (Phi) is 6.21. The van der Waals surface area contributed by atoms with E-state index in [0.29, 0.717) is 24.5 Å². The van der Waals surface area contributed by atoms with E-state index in [0.717, 1.165) is 12.1 Å². The van der Waals surface area contributed by atoms with Gasteiger partial charge >= 0.3 is 6.18 Å². The number of alkyl halides is 3. The van der Waals surface area contributed by atoms with Crippen molar-refractivity contribution in [1.29, 1.82) is 0 Å². The molecular weight excluding hydrogens is 445 g/mol. The molecule has 2 N–H and O–H groups in total. The Balaban J connectivity index is 1.73. The van der Waals surface area contributed by atoms with Gasteiger partial charge < -0.3 is 15.2 Å². The number of aliphatic hydroxyl groups is 1. The standard InChI is InChI=1S/C21H19ClF5NO3/c1-19(30,14-4-3-13(23)9-16(14)24)10-18(29)28-20(6-7-20)12-2-5-15(22)17(8-12)31-11-21(25,26)27/h2-5,8-9,30H,6-7,10-11H2,1H3,(H,28,29)/t19-/m0/s1. The number of rotatable bonds is 7. The van der Waals surface area contributed by atoms with Gasteiger partial charge in [0.05, 0.1) is 22.6 Å². The van der Waals surface area contributed by atoms with Crippen LogP contribution in [0.4, 0.5) is 22.0 Å². The monoisotopic (exact) mass is 463 g/mol. The van der Waals surface area contributed by atoms with Crippen molar-refractivity contribution < 1.29 is 36.6 Å². The number of carbonyl (C=O) groups is 1. The molecule has 1 aliphatic rings. The number of nitrogens with one attached hydrogen (secondary N) is 1. The maximum absolute atomic E-state index is 14.0. The van der Waals surface area contributed by atoms with Crippen LogP contribution >= 0.6 is 11.6 Å². The fourth-order valence-electron chi connectivity index (χ4n) is 3.33. The van der Waals surface area contributed by atoms with Crippen LogP contribution in [0.25, 0.3) is 0 Å². The molecular formula is C21H19ClF5NO3. The summed E-state index contributed by atoms with van der Waals surface area (Å²) < 4.78 is 69.2. The summed E-state index contributed by atoms with van der Waals surface area (Å²) >= 11 is 5.91. The number of ether oxygens (including phenoxy) is 1. The van der Waals surface area contributed by atoms with E-state index in [1.807, 2.05) is 0 Å². The molecule has 1 fully saturated rings. The Bertz CT molecular complexity index is 989. The van der Waals surface area contributed by atoms with Crippen LogP contribution in [-0.2, 0) is 15.9 Å². The minimum atomic E-state index is -4.54. The van der Waals surface area contributed by atoms with Gasteiger partial charge in [-0.1, -0.05) is 23.7 Å². The summed E-state index contributed by atoms with van der Waals surface area (Å²) in [7, 11) is 0. The predicted octanol–water partition coefficient (Wildman–Crippen LogP) is 4.96. The van der Waals surface area contributed by atoms with Crippen molar-refractivity contribution in [3.8, 4) is 5.75 Å². The average molecular weight is 464 g/mol. The number of halogens is 6. The summed E-state index contributed by atoms with van der Waals surface area (Å²) in [4.78, 5) is 12.6. The molecule has 0 bridgehead atoms. The van der Waals surface area contributed by atoms with E-state index in [1.54, 1.807) is 6.07 Å². The van der Waals surface area contributed by atoms with E-state index in [2.05, 4.69) is 5.32 Å². The molecule has 0 aliphatic heterocycles. The van der Waals surface area contributed by atoms with Crippen molar-refractivity contribution in [2.75, 3.05) is 6.61 Å². The van der Waals surface area contributed by atoms with Crippen LogP contribution in [0.3, 0.4) is 0 Å². The second kappa shape index (κ2) is 8.27. The molecule has 1 saturated carbocycles. The van der Waals surface area contributed by atoms with Crippen LogP contribution in [-0.4, -0.2) is 23.8 Å². The summed E-state index contributed by atoms with van der Waals surface area (Å²) in [5.74, 6) is -2.58. The Morgan fingerprint density at radius 2 is 1.87 bits per heavy atom. The zero-order valence-electron chi connectivity index (χ0n) is 16.3. The minimum Gasteiger partial charge on any atom is -0.483 e. The first-order valence-corrected chi connectivity index (χ1v) is 9.68. The molecule has 4 nitrogen and oxygen atoms in total. The molecule has 0 spiro atoms. The lowest BCUT2D eigenvalue weighted by molar-refractivity contribution is -0.153. The molecule has 168 valence electrons. The first kappa shape index (κ1) is 23.3. The third kappa shape index (κ3) is 5.65. The van der Waals surface area contributed by atoms with Crippen LogP contribution in [0.5, 0.6) is 5.75 Å². The van der Waals surface area contributed by atoms with Crippen LogP contribution in [0.15, 0.2) is 36.4 Å². The summed E-state index contributed by atoms with van der Waals surface area (Å²) in [6.07, 6.45) is -4.04. The number of carbonyl (C=O) groups excluding carboxylic acids is 1. The quantitative estimate of drug-likeness (QED) is 0.570. The van der Waals surface area contributed by atoms with Gasteiger partial charge in [0, 0.05) is 11.6 Å². The van der Waals surface area contributed by atoms with Crippen molar-refractivity contribution in [1.82, 2.24) is 5.32 Å². The van der Waals surface area contributed by atoms with E-state index >= 15 is 0 Å². The molecule has 1 aliphatic carbocycles. The van der Waals surface area contributed by atoms with Crippen LogP contribution in [0.1, 0.15) is 37.3 Å². The summed E-state index contributed by atoms with van der Waals surface area (Å²) in [5.41, 5.74) is -2.49. The smallest absolute Gasteiger partial charge is 0.422 e. The third-order valence-electron chi connectivity index (χ3n) is 5.02. The maximum Gasteiger partial charge on any atom is 0.422 e. The zero-order chi connectivity index (χ0) is 23.0. The van der Waals surface area contributed by atoms with Crippen molar-refractivity contribution in [3.63, 3.8) is 0 Å². The lowest BCUT2D eigenvalue weighted by Gasteiger charge is -2.26. The second-order valence-electron chi connectivity index (χ2n) is 7.75. The number of amides is 1. The predicted molar refractivity (Wildman–Crippen MR) is 103 cm³/mol. The van der Waals surface area contributed by atoms with Crippen molar-refractivity contribution in [2.45, 2.75) is 43.5 Å². The highest BCUT2D eigenvalue weighted by Gasteiger charge is 2.47. The highest BCUT2D eigenvalue weighted by atomic mass is 35.5.